The summed E-state index contributed by atoms with van der Waals surface area (Å²) in [4.78, 5) is 12.7. The van der Waals surface area contributed by atoms with Gasteiger partial charge in [0.1, 0.15) is 0 Å². The van der Waals surface area contributed by atoms with E-state index >= 15 is 0 Å². The van der Waals surface area contributed by atoms with E-state index in [-0.39, 0.29) is 18.9 Å². The molecule has 105 valence electrons. The first kappa shape index (κ1) is 18.0. The SMILES string of the molecule is Cc1c(C)c(C)c(C(=O)PC2CCCC2)c(C)c1C.[Li]. The predicted octanol–water partition coefficient (Wildman–Crippen LogP) is 4.61. The van der Waals surface area contributed by atoms with Gasteiger partial charge >= 0.3 is 0 Å². The molecule has 1 unspecified atom stereocenters. The Labute approximate surface area is 137 Å². The maximum absolute atomic E-state index is 12.7. The second-order valence-corrected chi connectivity index (χ2v) is 7.51. The predicted molar refractivity (Wildman–Crippen MR) is 90.8 cm³/mol. The van der Waals surface area contributed by atoms with Crippen molar-refractivity contribution in [3.05, 3.63) is 33.4 Å². The monoisotopic (exact) mass is 283 g/mol. The minimum absolute atomic E-state index is 0. The second-order valence-electron chi connectivity index (χ2n) is 5.95. The molecule has 1 aromatic carbocycles. The molecule has 1 aliphatic carbocycles. The summed E-state index contributed by atoms with van der Waals surface area (Å²) >= 11 is 0. The Balaban J connectivity index is 0.00000200. The van der Waals surface area contributed by atoms with Crippen molar-refractivity contribution in [2.75, 3.05) is 0 Å². The zero-order valence-electron chi connectivity index (χ0n) is 13.8. The van der Waals surface area contributed by atoms with Gasteiger partial charge in [0.15, 0.2) is 5.52 Å². The minimum Gasteiger partial charge on any atom is -0.289 e. The van der Waals surface area contributed by atoms with Gasteiger partial charge in [0.2, 0.25) is 0 Å². The normalized spacial score (nSPS) is 15.8. The van der Waals surface area contributed by atoms with Gasteiger partial charge in [0, 0.05) is 24.4 Å². The summed E-state index contributed by atoms with van der Waals surface area (Å²) in [6, 6.07) is 0. The number of hydrogen-bond donors (Lipinski definition) is 0. The van der Waals surface area contributed by atoms with Gasteiger partial charge < -0.3 is 0 Å². The van der Waals surface area contributed by atoms with E-state index in [4.69, 9.17) is 0 Å². The van der Waals surface area contributed by atoms with E-state index < -0.39 is 0 Å². The maximum Gasteiger partial charge on any atom is 0.181 e. The molecule has 1 aliphatic rings. The molecule has 1 nitrogen and oxygen atoms in total. The molecule has 0 heterocycles. The van der Waals surface area contributed by atoms with Crippen LogP contribution in [0.4, 0.5) is 0 Å². The third-order valence-corrected chi connectivity index (χ3v) is 6.42. The number of hydrogen-bond acceptors (Lipinski definition) is 1. The van der Waals surface area contributed by atoms with Crippen LogP contribution in [-0.2, 0) is 0 Å². The average molecular weight is 283 g/mol. The van der Waals surface area contributed by atoms with Gasteiger partial charge in [-0.25, -0.2) is 0 Å². The van der Waals surface area contributed by atoms with E-state index in [0.29, 0.717) is 19.8 Å². The summed E-state index contributed by atoms with van der Waals surface area (Å²) in [6.45, 7) is 10.7. The van der Waals surface area contributed by atoms with Crippen LogP contribution in [0, 0.1) is 34.6 Å². The molecule has 0 aromatic heterocycles. The molecule has 0 spiro atoms. The van der Waals surface area contributed by atoms with Gasteiger partial charge in [-0.1, -0.05) is 12.8 Å². The minimum atomic E-state index is 0. The van der Waals surface area contributed by atoms with Gasteiger partial charge in [0.25, 0.3) is 0 Å². The Bertz CT molecular complexity index is 487. The standard InChI is InChI=1S/C17H25OP.Li/c1-10-11(2)13(4)16(14(5)12(10)3)17(18)19-15-8-6-7-9-15;/h15,19H,6-9H2,1-5H3;. The number of carbonyl (C=O) groups excluding carboxylic acids is 1. The maximum atomic E-state index is 12.7. The van der Waals surface area contributed by atoms with Crippen molar-refractivity contribution < 1.29 is 4.79 Å². The summed E-state index contributed by atoms with van der Waals surface area (Å²) in [5.74, 6) is 0. The van der Waals surface area contributed by atoms with Crippen LogP contribution in [-0.4, -0.2) is 30.0 Å². The first-order valence-corrected chi connectivity index (χ1v) is 8.39. The molecule has 1 radical (unpaired) electrons. The van der Waals surface area contributed by atoms with Crippen LogP contribution in [0.15, 0.2) is 0 Å². The molecule has 0 aliphatic heterocycles. The van der Waals surface area contributed by atoms with E-state index in [9.17, 15) is 4.79 Å². The molecular formula is C17H25LiOP. The fraction of sp³-hybridized carbons (Fsp3) is 0.588. The molecule has 1 atom stereocenters. The van der Waals surface area contributed by atoms with Crippen molar-refractivity contribution in [1.29, 1.82) is 0 Å². The third kappa shape index (κ3) is 3.39. The molecule has 0 bridgehead atoms. The van der Waals surface area contributed by atoms with Crippen molar-refractivity contribution in [3.8, 4) is 0 Å². The van der Waals surface area contributed by atoms with Crippen molar-refractivity contribution in [1.82, 2.24) is 0 Å². The fourth-order valence-corrected chi connectivity index (χ4v) is 4.76. The smallest absolute Gasteiger partial charge is 0.181 e. The van der Waals surface area contributed by atoms with E-state index in [1.54, 1.807) is 0 Å². The summed E-state index contributed by atoms with van der Waals surface area (Å²) < 4.78 is 0. The molecule has 0 saturated heterocycles. The van der Waals surface area contributed by atoms with Gasteiger partial charge in [-0.05, 0) is 89.5 Å². The van der Waals surface area contributed by atoms with Crippen molar-refractivity contribution in [3.63, 3.8) is 0 Å². The number of benzene rings is 1. The van der Waals surface area contributed by atoms with Crippen LogP contribution >= 0.6 is 8.58 Å². The van der Waals surface area contributed by atoms with Gasteiger partial charge in [-0.3, -0.25) is 4.79 Å². The zero-order chi connectivity index (χ0) is 14.2. The van der Waals surface area contributed by atoms with Crippen LogP contribution < -0.4 is 0 Å². The summed E-state index contributed by atoms with van der Waals surface area (Å²) in [5.41, 5.74) is 8.42. The molecule has 1 aromatic rings. The van der Waals surface area contributed by atoms with E-state index in [1.165, 1.54) is 53.5 Å². The van der Waals surface area contributed by atoms with E-state index in [1.807, 2.05) is 0 Å². The quantitative estimate of drug-likeness (QED) is 0.585. The first-order valence-electron chi connectivity index (χ1n) is 7.31. The van der Waals surface area contributed by atoms with Crippen molar-refractivity contribution in [2.24, 2.45) is 0 Å². The number of rotatable bonds is 3. The van der Waals surface area contributed by atoms with Crippen LogP contribution in [0.1, 0.15) is 63.9 Å². The first-order chi connectivity index (χ1) is 8.93. The fourth-order valence-electron chi connectivity index (χ4n) is 3.17. The zero-order valence-corrected chi connectivity index (χ0v) is 14.8. The van der Waals surface area contributed by atoms with Crippen molar-refractivity contribution >= 4 is 33.0 Å². The molecule has 1 fully saturated rings. The second kappa shape index (κ2) is 7.26. The van der Waals surface area contributed by atoms with Crippen LogP contribution in [0.5, 0.6) is 0 Å². The average Bonchev–Trinajstić information content (AvgIpc) is 2.87. The van der Waals surface area contributed by atoms with Gasteiger partial charge in [0.05, 0.1) is 0 Å². The molecule has 0 amide bonds. The third-order valence-electron chi connectivity index (χ3n) is 4.92. The summed E-state index contributed by atoms with van der Waals surface area (Å²) in [5, 5.41) is 0. The van der Waals surface area contributed by atoms with Crippen LogP contribution in [0.2, 0.25) is 0 Å². The Hall–Kier alpha value is -0.0826. The Morgan fingerprint density at radius 3 is 1.70 bits per heavy atom. The van der Waals surface area contributed by atoms with Crippen LogP contribution in [0.3, 0.4) is 0 Å². The largest absolute Gasteiger partial charge is 0.289 e. The molecular weight excluding hydrogens is 258 g/mol. The van der Waals surface area contributed by atoms with Gasteiger partial charge in [-0.15, -0.1) is 0 Å². The van der Waals surface area contributed by atoms with Crippen molar-refractivity contribution in [2.45, 2.75) is 66.0 Å². The summed E-state index contributed by atoms with van der Waals surface area (Å²) in [7, 11) is 0.480. The summed E-state index contributed by atoms with van der Waals surface area (Å²) in [6.07, 6.45) is 5.14. The molecule has 0 N–H and O–H groups in total. The number of carbonyl (C=O) groups is 1. The molecule has 1 saturated carbocycles. The van der Waals surface area contributed by atoms with Gasteiger partial charge in [-0.2, -0.15) is 0 Å². The molecule has 20 heavy (non-hydrogen) atoms. The molecule has 2 rings (SSSR count). The topological polar surface area (TPSA) is 17.1 Å². The van der Waals surface area contributed by atoms with E-state index in [2.05, 4.69) is 34.6 Å². The van der Waals surface area contributed by atoms with Crippen LogP contribution in [0.25, 0.3) is 0 Å². The Kier molecular flexibility index (Phi) is 6.52. The van der Waals surface area contributed by atoms with E-state index in [0.717, 1.165) is 5.56 Å². The molecule has 3 heteroatoms. The Morgan fingerprint density at radius 2 is 1.25 bits per heavy atom. The Morgan fingerprint density at radius 1 is 0.850 bits per heavy atom.